The van der Waals surface area contributed by atoms with Gasteiger partial charge in [-0.1, -0.05) is 74.1 Å². The lowest BCUT2D eigenvalue weighted by molar-refractivity contribution is -0.158. The van der Waals surface area contributed by atoms with E-state index in [9.17, 15) is 85.6 Å². The first-order valence-corrected chi connectivity index (χ1v) is 51.2. The molecule has 0 aromatic heterocycles. The summed E-state index contributed by atoms with van der Waals surface area (Å²) in [5.74, 6) is 1.49. The van der Waals surface area contributed by atoms with Gasteiger partial charge in [-0.25, -0.2) is 13.7 Å². The summed E-state index contributed by atoms with van der Waals surface area (Å²) in [7, 11) is -13.5. The Kier molecular flexibility index (Phi) is 70.8. The van der Waals surface area contributed by atoms with Crippen LogP contribution in [0.15, 0.2) is 114 Å². The maximum absolute atomic E-state index is 12.6. The van der Waals surface area contributed by atoms with Gasteiger partial charge in [0.2, 0.25) is 88.6 Å². The van der Waals surface area contributed by atoms with Crippen molar-refractivity contribution in [3.8, 4) is 0 Å². The minimum atomic E-state index is -4.52. The molecule has 0 aromatic rings. The second-order valence-corrected chi connectivity index (χ2v) is 37.7. The van der Waals surface area contributed by atoms with Crippen LogP contribution in [0.3, 0.4) is 0 Å². The van der Waals surface area contributed by atoms with Gasteiger partial charge in [0.1, 0.15) is 0 Å². The molecule has 0 radical (unpaired) electrons. The number of phosphoric ester groups is 3. The van der Waals surface area contributed by atoms with Crippen molar-refractivity contribution >= 4 is 195 Å². The zero-order chi connectivity index (χ0) is 98.5. The molecule has 0 spiro atoms. The molecule has 0 aliphatic carbocycles. The van der Waals surface area contributed by atoms with E-state index in [1.807, 2.05) is 0 Å². The van der Waals surface area contributed by atoms with Crippen LogP contribution in [-0.2, 0) is 99.2 Å². The van der Waals surface area contributed by atoms with Gasteiger partial charge in [0.15, 0.2) is 0 Å². The molecule has 5 heterocycles. The van der Waals surface area contributed by atoms with Gasteiger partial charge in [-0.3, -0.25) is 85.5 Å². The molecule has 0 saturated carbocycles. The normalized spacial score (nSPS) is 14.3. The number of hydrogen-bond donors (Lipinski definition) is 11. The number of aliphatic hydroxyl groups is 4. The van der Waals surface area contributed by atoms with E-state index >= 15 is 0 Å². The highest BCUT2D eigenvalue weighted by Crippen LogP contribution is 2.37. The molecular weight excluding hydrogens is 1940 g/mol. The van der Waals surface area contributed by atoms with Crippen LogP contribution in [0.2, 0.25) is 0 Å². The Bertz CT molecular complexity index is 3730. The van der Waals surface area contributed by atoms with Crippen molar-refractivity contribution in [3.05, 3.63) is 114 Å². The maximum atomic E-state index is 12.6. The van der Waals surface area contributed by atoms with Crippen molar-refractivity contribution in [2.24, 2.45) is 0 Å². The van der Waals surface area contributed by atoms with Crippen LogP contribution >= 0.6 is 107 Å². The molecule has 0 bridgehead atoms. The molecule has 10 N–H and O–H groups in total. The molecule has 5 aliphatic heterocycles. The molecule has 750 valence electrons. The van der Waals surface area contributed by atoms with Gasteiger partial charge in [0, 0.05) is 113 Å². The Hall–Kier alpha value is -7.67. The summed E-state index contributed by atoms with van der Waals surface area (Å²) < 4.78 is 44.7. The number of carbonyl (C=O) groups is 15. The molecule has 132 heavy (non-hydrogen) atoms. The molecule has 46 nitrogen and oxygen atoms in total. The van der Waals surface area contributed by atoms with E-state index in [1.54, 1.807) is 0 Å². The predicted molar refractivity (Wildman–Crippen MR) is 509 cm³/mol. The van der Waals surface area contributed by atoms with Gasteiger partial charge in [0.25, 0.3) is 0 Å². The molecule has 0 atom stereocenters. The number of hydrogen-bond acceptors (Lipinski definition) is 32. The van der Waals surface area contributed by atoms with Crippen molar-refractivity contribution < 1.29 is 149 Å². The van der Waals surface area contributed by atoms with Gasteiger partial charge in [-0.05, 0) is 54.7 Å². The van der Waals surface area contributed by atoms with Gasteiger partial charge in [-0.2, -0.15) is 83.2 Å². The van der Waals surface area contributed by atoms with Gasteiger partial charge < -0.3 is 123 Å². The smallest absolute Gasteiger partial charge is 0.396 e. The topological polar surface area (TPSA) is 586 Å². The zero-order valence-corrected chi connectivity index (χ0v) is 80.5. The average Bonchev–Trinajstić information content (AvgIpc) is 0.849. The number of nitrogens with zero attached hydrogens (tertiary/aromatic N) is 15. The van der Waals surface area contributed by atoms with E-state index in [0.29, 0.717) is 63.3 Å². The lowest BCUT2D eigenvalue weighted by Crippen LogP contribution is -2.59. The number of amides is 15. The summed E-state index contributed by atoms with van der Waals surface area (Å²) in [6.45, 7) is 31.9. The minimum Gasteiger partial charge on any atom is -0.396 e. The fourth-order valence-corrected chi connectivity index (χ4v) is 16.0. The molecule has 0 unspecified atom stereocenters. The molecule has 5 rings (SSSR count). The van der Waals surface area contributed by atoms with Gasteiger partial charge in [-0.15, -0.1) is 0 Å². The van der Waals surface area contributed by atoms with E-state index in [2.05, 4.69) is 85.4 Å². The number of carbonyl (C=O) groups excluding carboxylic acids is 15. The molecule has 5 aliphatic rings. The summed E-state index contributed by atoms with van der Waals surface area (Å²) in [6, 6.07) is 0. The SMILES string of the molecule is C.C.C=CC(=O)N1CN(C(=O)C=C)CN(C(=O)C=C)C1.C=CC(=O)N1CN(C(=O)C=C)CN(C(=O)CCSCCO)C1.C=CC(=O)N1CN(C(=O)C=C)CN(C(=O)CCSCCOP(=O)(O)O)C1.C=CC(=O)N1CN(C(=O)CCSCCO)CN(C(=O)CCSCCO)C1.C=CC(=O)N1CN(C(=O)CCSCCOP(=O)(O)O)CN(C(=O)CCSCCOP(=O)(O)O)C1.OCCS. The Morgan fingerprint density at radius 3 is 0.477 bits per heavy atom. The van der Waals surface area contributed by atoms with Crippen LogP contribution in [-0.4, -0.2) is 433 Å². The van der Waals surface area contributed by atoms with Crippen LogP contribution in [0.4, 0.5) is 0 Å². The monoisotopic (exact) mass is 2060 g/mol. The van der Waals surface area contributed by atoms with Crippen LogP contribution in [0.1, 0.15) is 53.4 Å². The zero-order valence-electron chi connectivity index (χ0n) is 72.0. The first-order valence-electron chi connectivity index (χ1n) is 39.0. The summed E-state index contributed by atoms with van der Waals surface area (Å²) >= 11 is 12.0. The van der Waals surface area contributed by atoms with Crippen molar-refractivity contribution in [1.82, 2.24) is 73.5 Å². The molecule has 5 fully saturated rings. The lowest BCUT2D eigenvalue weighted by atomic mass is 10.3. The summed E-state index contributed by atoms with van der Waals surface area (Å²) in [5, 5.41) is 34.0. The van der Waals surface area contributed by atoms with Gasteiger partial charge >= 0.3 is 23.5 Å². The molecule has 5 saturated heterocycles. The van der Waals surface area contributed by atoms with Crippen LogP contribution < -0.4 is 0 Å². The highest BCUT2D eigenvalue weighted by atomic mass is 32.2. The van der Waals surface area contributed by atoms with E-state index in [1.165, 1.54) is 150 Å². The molecule has 0 aromatic carbocycles. The van der Waals surface area contributed by atoms with Crippen LogP contribution in [0.5, 0.6) is 0 Å². The van der Waals surface area contributed by atoms with E-state index in [0.717, 1.165) is 48.6 Å². The quantitative estimate of drug-likeness (QED) is 0.0173. The van der Waals surface area contributed by atoms with Crippen LogP contribution in [0.25, 0.3) is 0 Å². The standard InChI is InChI=1S/C16H29N3O11P2S2.C16H27N3O5S2.C14H22N3O7PS.C14H21N3O4S.C12H15N3O3.C2H6OS.2CH4/c1-2-14(20)17-11-18(15(21)3-7-33-9-5-29-31(23,24)25)13-19(12-17)16(22)4-8-34-10-6-30-32(26,27)28;1-2-14(22)17-11-18(15(23)3-7-25-9-5-20)13-19(12-17)16(24)4-8-26-10-6-21;1-3-12(18)15-9-16(13(19)4-2)11-17(10-15)14(20)5-7-26-8-6-24-25(21,22)23;1-3-12(19)15-9-16(13(20)4-2)11-17(10-15)14(21)5-7-22-8-6-18;1-4-10(16)13-7-14(11(17)5-2)9-15(8-13)12(18)6-3;3-1-2-4;;/h2H,1,3-13H2,(H2,23,24,25)(H2,26,27,28);2,20-21H,1,3-13H2;3-4H,1-2,5-11H2,(H2,21,22,23);3-4,18H,1-2,5-11H2;4-6H,1-3,7-9H2;3-4H,1-2H2;2*1H4. The Balaban J connectivity index is -0.00000157. The fraction of sp³-hybridized carbons (Fsp3) is 0.566. The minimum absolute atomic E-state index is 0. The highest BCUT2D eigenvalue weighted by molar-refractivity contribution is 8.00. The highest BCUT2D eigenvalue weighted by Gasteiger charge is 2.36. The number of thioether (sulfide) groups is 6. The third kappa shape index (κ3) is 56.0. The largest absolute Gasteiger partial charge is 0.469 e. The maximum Gasteiger partial charge on any atom is 0.469 e. The second-order valence-electron chi connectivity index (χ2n) is 26.2. The first-order chi connectivity index (χ1) is 61.5. The Labute approximate surface area is 801 Å². The molecule has 15 amide bonds. The Morgan fingerprint density at radius 2 is 0.364 bits per heavy atom. The van der Waals surface area contributed by atoms with Gasteiger partial charge in [0.05, 0.1) is 146 Å². The fourth-order valence-electron chi connectivity index (χ4n) is 10.5. The summed E-state index contributed by atoms with van der Waals surface area (Å²) in [4.78, 5) is 253. The lowest BCUT2D eigenvalue weighted by Gasteiger charge is -2.42. The molecule has 56 heteroatoms. The van der Waals surface area contributed by atoms with Crippen molar-refractivity contribution in [3.63, 3.8) is 0 Å². The number of phosphoric acid groups is 3. The third-order valence-electron chi connectivity index (χ3n) is 16.6. The van der Waals surface area contributed by atoms with Crippen molar-refractivity contribution in [1.29, 1.82) is 0 Å². The van der Waals surface area contributed by atoms with E-state index in [-0.39, 0.29) is 282 Å². The van der Waals surface area contributed by atoms with E-state index in [4.69, 9.17) is 49.8 Å². The second kappa shape index (κ2) is 72.7. The average molecular weight is 2070 g/mol. The van der Waals surface area contributed by atoms with Crippen molar-refractivity contribution in [2.75, 3.05) is 221 Å². The van der Waals surface area contributed by atoms with Crippen molar-refractivity contribution in [2.45, 2.75) is 53.4 Å². The number of rotatable bonds is 46. The molecular formula is C76H128N15O31P3S7. The van der Waals surface area contributed by atoms with E-state index < -0.39 is 41.2 Å². The third-order valence-corrected chi connectivity index (χ3v) is 24.1. The number of aliphatic hydroxyl groups excluding tert-OH is 4. The predicted octanol–water partition coefficient (Wildman–Crippen LogP) is 0.691. The summed E-state index contributed by atoms with van der Waals surface area (Å²) in [5.41, 5.74) is 0. The Morgan fingerprint density at radius 1 is 0.242 bits per heavy atom. The summed E-state index contributed by atoms with van der Waals surface area (Å²) in [6.07, 6.45) is 11.4. The first kappa shape index (κ1) is 128. The number of thiol groups is 1. The van der Waals surface area contributed by atoms with Crippen LogP contribution in [0, 0.1) is 0 Å².